The minimum Gasteiger partial charge on any atom is -0.480 e. The summed E-state index contributed by atoms with van der Waals surface area (Å²) in [4.78, 5) is 22.8. The molecule has 0 heterocycles. The number of nitrogens with one attached hydrogen (secondary N) is 1. The number of ether oxygens (including phenoxy) is 1. The molecule has 0 aromatic heterocycles. The van der Waals surface area contributed by atoms with E-state index in [9.17, 15) is 23.1 Å². The first kappa shape index (κ1) is 19.1. The number of carboxylic acids is 1. The van der Waals surface area contributed by atoms with E-state index in [1.807, 2.05) is 0 Å². The average molecular weight is 343 g/mol. The molecule has 128 valence electrons. The van der Waals surface area contributed by atoms with Crippen molar-refractivity contribution in [2.75, 3.05) is 7.11 Å². The second kappa shape index (κ2) is 7.56. The second-order valence-corrected chi connectivity index (χ2v) is 7.32. The third kappa shape index (κ3) is 5.04. The van der Waals surface area contributed by atoms with E-state index in [0.29, 0.717) is 5.56 Å². The molecule has 7 nitrogen and oxygen atoms in total. The molecule has 0 radical (unpaired) electrons. The standard InChI is InChI=1S/C15H21NO6S/c1-9(2)7-12(14(17)18)16-23(20,21)13-6-5-10(3)8-11(13)15(19)22-4/h5-6,8-9,12,16H,7H2,1-4H3,(H,17,18)/t12-/m1/s1. The van der Waals surface area contributed by atoms with Gasteiger partial charge in [0, 0.05) is 0 Å². The van der Waals surface area contributed by atoms with Crippen LogP contribution in [-0.4, -0.2) is 38.6 Å². The Kier molecular flexibility index (Phi) is 6.28. The first-order valence-electron chi connectivity index (χ1n) is 7.02. The van der Waals surface area contributed by atoms with Gasteiger partial charge in [0.2, 0.25) is 10.0 Å². The van der Waals surface area contributed by atoms with E-state index in [1.165, 1.54) is 18.2 Å². The molecule has 0 amide bonds. The average Bonchev–Trinajstić information content (AvgIpc) is 2.44. The summed E-state index contributed by atoms with van der Waals surface area (Å²) < 4.78 is 31.7. The Hall–Kier alpha value is -1.93. The number of benzene rings is 1. The van der Waals surface area contributed by atoms with Crippen LogP contribution in [0.3, 0.4) is 0 Å². The van der Waals surface area contributed by atoms with Crippen LogP contribution in [0.25, 0.3) is 0 Å². The van der Waals surface area contributed by atoms with Crippen molar-refractivity contribution in [3.63, 3.8) is 0 Å². The molecule has 8 heteroatoms. The van der Waals surface area contributed by atoms with Gasteiger partial charge >= 0.3 is 11.9 Å². The minimum absolute atomic E-state index is 0.0168. The zero-order chi connectivity index (χ0) is 17.8. The maximum absolute atomic E-state index is 12.5. The number of methoxy groups -OCH3 is 1. The molecule has 0 bridgehead atoms. The molecule has 0 saturated heterocycles. The van der Waals surface area contributed by atoms with E-state index in [4.69, 9.17) is 0 Å². The van der Waals surface area contributed by atoms with Gasteiger partial charge in [0.25, 0.3) is 0 Å². The summed E-state index contributed by atoms with van der Waals surface area (Å²) in [5.41, 5.74) is 0.551. The maximum Gasteiger partial charge on any atom is 0.339 e. The number of aryl methyl sites for hydroxylation is 1. The van der Waals surface area contributed by atoms with Crippen LogP contribution in [0.5, 0.6) is 0 Å². The number of carboxylic acid groups (broad SMARTS) is 1. The molecule has 1 aromatic carbocycles. The summed E-state index contributed by atoms with van der Waals surface area (Å²) in [6, 6.07) is 2.91. The van der Waals surface area contributed by atoms with Crippen LogP contribution in [0.4, 0.5) is 0 Å². The van der Waals surface area contributed by atoms with E-state index in [0.717, 1.165) is 7.11 Å². The Morgan fingerprint density at radius 3 is 2.39 bits per heavy atom. The normalized spacial score (nSPS) is 12.9. The molecule has 0 saturated carbocycles. The molecule has 1 aromatic rings. The highest BCUT2D eigenvalue weighted by Crippen LogP contribution is 2.20. The lowest BCUT2D eigenvalue weighted by atomic mass is 10.1. The van der Waals surface area contributed by atoms with Gasteiger partial charge in [-0.25, -0.2) is 13.2 Å². The largest absolute Gasteiger partial charge is 0.480 e. The molecule has 1 atom stereocenters. The molecule has 0 fully saturated rings. The van der Waals surface area contributed by atoms with E-state index >= 15 is 0 Å². The van der Waals surface area contributed by atoms with Crippen molar-refractivity contribution in [2.45, 2.75) is 38.1 Å². The van der Waals surface area contributed by atoms with Gasteiger partial charge in [0.1, 0.15) is 6.04 Å². The van der Waals surface area contributed by atoms with Crippen LogP contribution < -0.4 is 4.72 Å². The van der Waals surface area contributed by atoms with Crippen LogP contribution in [0.15, 0.2) is 23.1 Å². The number of hydrogen-bond donors (Lipinski definition) is 2. The minimum atomic E-state index is -4.18. The number of esters is 1. The SMILES string of the molecule is COC(=O)c1cc(C)ccc1S(=O)(=O)N[C@H](CC(C)C)C(=O)O. The third-order valence-electron chi connectivity index (χ3n) is 3.13. The Morgan fingerprint density at radius 2 is 1.91 bits per heavy atom. The fourth-order valence-electron chi connectivity index (χ4n) is 2.07. The summed E-state index contributed by atoms with van der Waals surface area (Å²) in [7, 11) is -3.04. The summed E-state index contributed by atoms with van der Waals surface area (Å²) in [5, 5.41) is 9.18. The highest BCUT2D eigenvalue weighted by molar-refractivity contribution is 7.89. The zero-order valence-corrected chi connectivity index (χ0v) is 14.3. The first-order valence-corrected chi connectivity index (χ1v) is 8.51. The molecule has 0 aliphatic carbocycles. The summed E-state index contributed by atoms with van der Waals surface area (Å²) in [5.74, 6) is -2.09. The third-order valence-corrected chi connectivity index (χ3v) is 4.66. The molecule has 2 N–H and O–H groups in total. The predicted molar refractivity (Wildman–Crippen MR) is 83.7 cm³/mol. The maximum atomic E-state index is 12.5. The smallest absolute Gasteiger partial charge is 0.339 e. The Bertz CT molecular complexity index is 696. The lowest BCUT2D eigenvalue weighted by Gasteiger charge is -2.18. The summed E-state index contributed by atoms with van der Waals surface area (Å²) >= 11 is 0. The van der Waals surface area contributed by atoms with Gasteiger partial charge in [0.05, 0.1) is 17.6 Å². The Balaban J connectivity index is 3.27. The predicted octanol–water partition coefficient (Wildman–Crippen LogP) is 1.56. The van der Waals surface area contributed by atoms with Crippen LogP contribution in [-0.2, 0) is 19.6 Å². The van der Waals surface area contributed by atoms with Crippen molar-refractivity contribution >= 4 is 22.0 Å². The van der Waals surface area contributed by atoms with Crippen molar-refractivity contribution < 1.29 is 27.9 Å². The first-order chi connectivity index (χ1) is 10.6. The van der Waals surface area contributed by atoms with Crippen LogP contribution in [0.1, 0.15) is 36.2 Å². The molecule has 0 spiro atoms. The Labute approximate surface area is 135 Å². The molecular formula is C15H21NO6S. The van der Waals surface area contributed by atoms with E-state index in [2.05, 4.69) is 9.46 Å². The van der Waals surface area contributed by atoms with E-state index in [1.54, 1.807) is 20.8 Å². The van der Waals surface area contributed by atoms with Crippen molar-refractivity contribution in [3.8, 4) is 0 Å². The van der Waals surface area contributed by atoms with Gasteiger partial charge in [-0.15, -0.1) is 0 Å². The van der Waals surface area contributed by atoms with Crippen LogP contribution in [0, 0.1) is 12.8 Å². The number of carbonyl (C=O) groups excluding carboxylic acids is 1. The number of aliphatic carboxylic acids is 1. The molecule has 0 aliphatic rings. The molecule has 0 aliphatic heterocycles. The Morgan fingerprint density at radius 1 is 1.30 bits per heavy atom. The van der Waals surface area contributed by atoms with Crippen molar-refractivity contribution in [3.05, 3.63) is 29.3 Å². The highest BCUT2D eigenvalue weighted by Gasteiger charge is 2.29. The quantitative estimate of drug-likeness (QED) is 0.727. The fourth-order valence-corrected chi connectivity index (χ4v) is 3.45. The summed E-state index contributed by atoms with van der Waals surface area (Å²) in [6.07, 6.45) is 0.133. The molecular weight excluding hydrogens is 322 g/mol. The van der Waals surface area contributed by atoms with Gasteiger partial charge < -0.3 is 9.84 Å². The highest BCUT2D eigenvalue weighted by atomic mass is 32.2. The van der Waals surface area contributed by atoms with Crippen molar-refractivity contribution in [1.29, 1.82) is 0 Å². The van der Waals surface area contributed by atoms with Crippen molar-refractivity contribution in [2.24, 2.45) is 5.92 Å². The van der Waals surface area contributed by atoms with Gasteiger partial charge in [-0.1, -0.05) is 25.5 Å². The van der Waals surface area contributed by atoms with Gasteiger partial charge in [-0.2, -0.15) is 4.72 Å². The van der Waals surface area contributed by atoms with Crippen molar-refractivity contribution in [1.82, 2.24) is 4.72 Å². The zero-order valence-electron chi connectivity index (χ0n) is 13.5. The lowest BCUT2D eigenvalue weighted by molar-refractivity contribution is -0.139. The molecule has 0 unspecified atom stereocenters. The van der Waals surface area contributed by atoms with E-state index in [-0.39, 0.29) is 22.8 Å². The number of sulfonamides is 1. The van der Waals surface area contributed by atoms with Crippen LogP contribution in [0.2, 0.25) is 0 Å². The number of rotatable bonds is 7. The lowest BCUT2D eigenvalue weighted by Crippen LogP contribution is -2.42. The monoisotopic (exact) mass is 343 g/mol. The van der Waals surface area contributed by atoms with Gasteiger partial charge in [-0.05, 0) is 31.4 Å². The summed E-state index contributed by atoms with van der Waals surface area (Å²) in [6.45, 7) is 5.28. The van der Waals surface area contributed by atoms with E-state index < -0.39 is 28.0 Å². The molecule has 23 heavy (non-hydrogen) atoms. The van der Waals surface area contributed by atoms with Gasteiger partial charge in [-0.3, -0.25) is 4.79 Å². The van der Waals surface area contributed by atoms with Gasteiger partial charge in [0.15, 0.2) is 0 Å². The fraction of sp³-hybridized carbons (Fsp3) is 0.467. The second-order valence-electron chi connectivity index (χ2n) is 5.63. The van der Waals surface area contributed by atoms with Crippen LogP contribution >= 0.6 is 0 Å². The number of carbonyl (C=O) groups is 2. The number of hydrogen-bond acceptors (Lipinski definition) is 5. The topological polar surface area (TPSA) is 110 Å². The molecule has 1 rings (SSSR count).